The van der Waals surface area contributed by atoms with Crippen LogP contribution in [0.4, 0.5) is 0 Å². The molecule has 0 aliphatic carbocycles. The van der Waals surface area contributed by atoms with Gasteiger partial charge in [0.05, 0.1) is 17.2 Å². The fraction of sp³-hybridized carbons (Fsp3) is 0.400. The fourth-order valence-electron chi connectivity index (χ4n) is 1.02. The van der Waals surface area contributed by atoms with Gasteiger partial charge in [-0.15, -0.1) is 0 Å². The van der Waals surface area contributed by atoms with Crippen LogP contribution in [0.1, 0.15) is 29.9 Å². The van der Waals surface area contributed by atoms with E-state index in [1.165, 1.54) is 13.3 Å². The highest BCUT2D eigenvalue weighted by atomic mass is 79.9. The maximum Gasteiger partial charge on any atom is 0.357 e. The molecule has 0 unspecified atom stereocenters. The molecule has 15 heavy (non-hydrogen) atoms. The Kier molecular flexibility index (Phi) is 3.46. The Morgan fingerprint density at radius 3 is 2.60 bits per heavy atom. The highest BCUT2D eigenvalue weighted by molar-refractivity contribution is 9.10. The van der Waals surface area contributed by atoms with Gasteiger partial charge in [0.1, 0.15) is 0 Å². The lowest BCUT2D eigenvalue weighted by Gasteiger charge is -2.17. The fourth-order valence-corrected chi connectivity index (χ4v) is 1.53. The quantitative estimate of drug-likeness (QED) is 0.836. The summed E-state index contributed by atoms with van der Waals surface area (Å²) in [5, 5.41) is 9.72. The molecule has 0 radical (unpaired) electrons. The Bertz CT molecular complexity index is 385. The molecule has 0 aliphatic rings. The van der Waals surface area contributed by atoms with Crippen molar-refractivity contribution in [2.45, 2.75) is 19.4 Å². The van der Waals surface area contributed by atoms with Gasteiger partial charge >= 0.3 is 5.97 Å². The monoisotopic (exact) mass is 273 g/mol. The molecule has 0 bridgehead atoms. The minimum atomic E-state index is -0.982. The Labute approximate surface area is 96.4 Å². The van der Waals surface area contributed by atoms with Crippen molar-refractivity contribution < 1.29 is 14.6 Å². The molecule has 1 aromatic heterocycles. The van der Waals surface area contributed by atoms with Crippen molar-refractivity contribution in [1.82, 2.24) is 4.98 Å². The van der Waals surface area contributed by atoms with E-state index in [0.717, 1.165) is 0 Å². The summed E-state index contributed by atoms with van der Waals surface area (Å²) in [7, 11) is 1.29. The number of hydrogen-bond acceptors (Lipinski definition) is 4. The van der Waals surface area contributed by atoms with Crippen LogP contribution in [0.2, 0.25) is 0 Å². The van der Waals surface area contributed by atoms with Gasteiger partial charge in [-0.2, -0.15) is 0 Å². The van der Waals surface area contributed by atoms with Gasteiger partial charge < -0.3 is 9.84 Å². The molecule has 0 spiro atoms. The number of rotatable bonds is 2. The molecule has 1 N–H and O–H groups in total. The van der Waals surface area contributed by atoms with E-state index in [1.807, 2.05) is 0 Å². The Hall–Kier alpha value is -0.940. The van der Waals surface area contributed by atoms with Crippen LogP contribution in [0.3, 0.4) is 0 Å². The normalized spacial score (nSPS) is 11.3. The van der Waals surface area contributed by atoms with Crippen molar-refractivity contribution in [3.63, 3.8) is 0 Å². The van der Waals surface area contributed by atoms with Crippen LogP contribution >= 0.6 is 15.9 Å². The predicted molar refractivity (Wildman–Crippen MR) is 58.5 cm³/mol. The number of pyridine rings is 1. The van der Waals surface area contributed by atoms with Crippen molar-refractivity contribution in [3.8, 4) is 0 Å². The van der Waals surface area contributed by atoms with Gasteiger partial charge in [-0.1, -0.05) is 0 Å². The van der Waals surface area contributed by atoms with Gasteiger partial charge in [0.2, 0.25) is 0 Å². The molecule has 0 saturated heterocycles. The smallest absolute Gasteiger partial charge is 0.357 e. The summed E-state index contributed by atoms with van der Waals surface area (Å²) in [6.07, 6.45) is 1.46. The van der Waals surface area contributed by atoms with E-state index < -0.39 is 11.6 Å². The number of ether oxygens (including phenoxy) is 1. The average Bonchev–Trinajstić information content (AvgIpc) is 2.15. The number of hydrogen-bond donors (Lipinski definition) is 1. The zero-order valence-electron chi connectivity index (χ0n) is 8.74. The summed E-state index contributed by atoms with van der Waals surface area (Å²) in [5.74, 6) is -0.510. The van der Waals surface area contributed by atoms with E-state index in [4.69, 9.17) is 0 Å². The van der Waals surface area contributed by atoms with Gasteiger partial charge in [0.15, 0.2) is 5.69 Å². The summed E-state index contributed by atoms with van der Waals surface area (Å²) in [6.45, 7) is 3.29. The number of carbonyl (C=O) groups is 1. The Morgan fingerprint density at radius 1 is 1.60 bits per heavy atom. The van der Waals surface area contributed by atoms with Crippen molar-refractivity contribution in [2.24, 2.45) is 0 Å². The molecule has 4 nitrogen and oxygen atoms in total. The van der Waals surface area contributed by atoms with Crippen LogP contribution in [0.5, 0.6) is 0 Å². The van der Waals surface area contributed by atoms with Crippen LogP contribution < -0.4 is 0 Å². The molecule has 0 aliphatic heterocycles. The first-order valence-corrected chi connectivity index (χ1v) is 5.12. The number of nitrogens with zero attached hydrogens (tertiary/aromatic N) is 1. The lowest BCUT2D eigenvalue weighted by molar-refractivity contribution is 0.0589. The van der Waals surface area contributed by atoms with Crippen LogP contribution in [-0.2, 0) is 10.3 Å². The lowest BCUT2D eigenvalue weighted by atomic mass is 10.0. The first-order valence-electron chi connectivity index (χ1n) is 4.33. The minimum absolute atomic E-state index is 0.200. The molecule has 1 heterocycles. The summed E-state index contributed by atoms with van der Waals surface area (Å²) in [4.78, 5) is 15.2. The van der Waals surface area contributed by atoms with Crippen molar-refractivity contribution >= 4 is 21.9 Å². The first kappa shape index (κ1) is 12.1. The third kappa shape index (κ3) is 2.76. The second-order valence-corrected chi connectivity index (χ2v) is 4.46. The van der Waals surface area contributed by atoms with E-state index in [2.05, 4.69) is 25.7 Å². The summed E-state index contributed by atoms with van der Waals surface area (Å²) in [6, 6.07) is 1.65. The third-order valence-corrected chi connectivity index (χ3v) is 2.53. The summed E-state index contributed by atoms with van der Waals surface area (Å²) < 4.78 is 5.06. The second-order valence-electron chi connectivity index (χ2n) is 3.61. The summed E-state index contributed by atoms with van der Waals surface area (Å²) >= 11 is 3.21. The zero-order valence-corrected chi connectivity index (χ0v) is 10.3. The van der Waals surface area contributed by atoms with Crippen molar-refractivity contribution in [3.05, 3.63) is 28.0 Å². The lowest BCUT2D eigenvalue weighted by Crippen LogP contribution is -2.17. The number of methoxy groups -OCH3 is 1. The topological polar surface area (TPSA) is 59.4 Å². The molecule has 1 rings (SSSR count). The number of aliphatic hydroxyl groups is 1. The second kappa shape index (κ2) is 4.28. The maximum absolute atomic E-state index is 11.2. The number of aromatic nitrogens is 1. The SMILES string of the molecule is COC(=O)c1ncc(C(C)(C)O)cc1Br. The van der Waals surface area contributed by atoms with Gasteiger partial charge in [0.25, 0.3) is 0 Å². The molecular formula is C10H12BrNO3. The van der Waals surface area contributed by atoms with Crippen molar-refractivity contribution in [1.29, 1.82) is 0 Å². The summed E-state index contributed by atoms with van der Waals surface area (Å²) in [5.41, 5.74) is -0.156. The third-order valence-electron chi connectivity index (χ3n) is 1.93. The van der Waals surface area contributed by atoms with Crippen molar-refractivity contribution in [2.75, 3.05) is 7.11 Å². The number of esters is 1. The molecule has 0 amide bonds. The average molecular weight is 274 g/mol. The van der Waals surface area contributed by atoms with E-state index >= 15 is 0 Å². The molecule has 0 atom stereocenters. The van der Waals surface area contributed by atoms with E-state index in [9.17, 15) is 9.90 Å². The first-order chi connectivity index (χ1) is 6.86. The Balaban J connectivity index is 3.15. The van der Waals surface area contributed by atoms with E-state index in [0.29, 0.717) is 10.0 Å². The molecular weight excluding hydrogens is 262 g/mol. The van der Waals surface area contributed by atoms with E-state index in [-0.39, 0.29) is 5.69 Å². The number of halogens is 1. The predicted octanol–water partition coefficient (Wildman–Crippen LogP) is 1.86. The van der Waals surface area contributed by atoms with Crippen LogP contribution in [0.25, 0.3) is 0 Å². The van der Waals surface area contributed by atoms with Crippen LogP contribution in [0.15, 0.2) is 16.7 Å². The molecule has 0 aromatic carbocycles. The molecule has 0 saturated carbocycles. The molecule has 82 valence electrons. The maximum atomic E-state index is 11.2. The van der Waals surface area contributed by atoms with Crippen LogP contribution in [-0.4, -0.2) is 23.2 Å². The highest BCUT2D eigenvalue weighted by Crippen LogP contribution is 2.24. The van der Waals surface area contributed by atoms with Crippen LogP contribution in [0, 0.1) is 0 Å². The van der Waals surface area contributed by atoms with Gasteiger partial charge in [-0.3, -0.25) is 0 Å². The van der Waals surface area contributed by atoms with E-state index in [1.54, 1.807) is 19.9 Å². The Morgan fingerprint density at radius 2 is 2.20 bits per heavy atom. The van der Waals surface area contributed by atoms with Gasteiger partial charge in [-0.25, -0.2) is 9.78 Å². The minimum Gasteiger partial charge on any atom is -0.464 e. The standard InChI is InChI=1S/C10H12BrNO3/c1-10(2,14)6-4-7(11)8(12-5-6)9(13)15-3/h4-5,14H,1-3H3. The number of carbonyl (C=O) groups excluding carboxylic acids is 1. The van der Waals surface area contributed by atoms with Gasteiger partial charge in [0, 0.05) is 11.8 Å². The molecule has 1 aromatic rings. The zero-order chi connectivity index (χ0) is 11.6. The molecule has 0 fully saturated rings. The highest BCUT2D eigenvalue weighted by Gasteiger charge is 2.20. The molecule has 5 heteroatoms. The van der Waals surface area contributed by atoms with Gasteiger partial charge in [-0.05, 0) is 35.8 Å². The largest absolute Gasteiger partial charge is 0.464 e.